The Kier molecular flexibility index (Phi) is 6.75. The molecule has 1 spiro atoms. The third-order valence-electron chi connectivity index (χ3n) is 7.52. The average Bonchev–Trinajstić information content (AvgIpc) is 2.57. The molecule has 1 heterocycles. The van der Waals surface area contributed by atoms with E-state index in [1.807, 2.05) is 0 Å². The summed E-state index contributed by atoms with van der Waals surface area (Å²) in [6.07, 6.45) is 12.9. The summed E-state index contributed by atoms with van der Waals surface area (Å²) in [5.41, 5.74) is 1.66. The van der Waals surface area contributed by atoms with E-state index in [1.165, 1.54) is 38.5 Å². The molecule has 0 aliphatic heterocycles. The van der Waals surface area contributed by atoms with Crippen LogP contribution in [0, 0.1) is 11.3 Å². The summed E-state index contributed by atoms with van der Waals surface area (Å²) < 4.78 is 6.91. The number of pyridine rings is 1. The molecule has 2 aliphatic rings. The molecule has 0 amide bonds. The summed E-state index contributed by atoms with van der Waals surface area (Å²) in [6.45, 7) is 6.84. The molecule has 2 nitrogen and oxygen atoms in total. The molecule has 0 N–H and O–H groups in total. The topological polar surface area (TPSA) is 22.1 Å². The molecule has 26 heavy (non-hydrogen) atoms. The van der Waals surface area contributed by atoms with Crippen LogP contribution in [0.2, 0.25) is 28.2 Å². The van der Waals surface area contributed by atoms with Gasteiger partial charge in [0.1, 0.15) is 0 Å². The Labute approximate surface area is 170 Å². The lowest BCUT2D eigenvalue weighted by molar-refractivity contribution is -0.0577. The number of hydrogen-bond acceptors (Lipinski definition) is 2. The summed E-state index contributed by atoms with van der Waals surface area (Å²) in [5.74, 6) is 0.877. The number of halogens is 2. The van der Waals surface area contributed by atoms with Gasteiger partial charge < -0.3 is 4.43 Å². The van der Waals surface area contributed by atoms with Gasteiger partial charge in [-0.1, -0.05) is 50.4 Å². The Balaban J connectivity index is 1.79. The normalized spacial score (nSPS) is 22.7. The zero-order chi connectivity index (χ0) is 18.8. The van der Waals surface area contributed by atoms with Crippen LogP contribution in [-0.4, -0.2) is 13.3 Å². The second-order valence-electron chi connectivity index (χ2n) is 8.40. The molecule has 146 valence electrons. The molecule has 0 bridgehead atoms. The van der Waals surface area contributed by atoms with Crippen LogP contribution in [0.25, 0.3) is 0 Å². The van der Waals surface area contributed by atoms with Crippen LogP contribution in [0.15, 0.2) is 12.4 Å². The van der Waals surface area contributed by atoms with E-state index in [2.05, 4.69) is 25.8 Å². The molecule has 5 heteroatoms. The van der Waals surface area contributed by atoms with Crippen molar-refractivity contribution in [1.82, 2.24) is 4.98 Å². The third-order valence-corrected chi connectivity index (χ3v) is 12.8. The van der Waals surface area contributed by atoms with Crippen molar-refractivity contribution in [2.45, 2.75) is 90.0 Å². The van der Waals surface area contributed by atoms with Crippen LogP contribution in [0.3, 0.4) is 0 Å². The van der Waals surface area contributed by atoms with Crippen molar-refractivity contribution >= 4 is 31.5 Å². The SMILES string of the molecule is CC[Si](CC)(CC)OC(CCC1CCC12CCC2)c1c(Cl)cncc1Cl. The summed E-state index contributed by atoms with van der Waals surface area (Å²) in [7, 11) is -1.74. The Morgan fingerprint density at radius 2 is 1.73 bits per heavy atom. The van der Waals surface area contributed by atoms with E-state index in [0.29, 0.717) is 15.5 Å². The van der Waals surface area contributed by atoms with E-state index in [9.17, 15) is 0 Å². The number of hydrogen-bond donors (Lipinski definition) is 0. The first-order valence-corrected chi connectivity index (χ1v) is 13.7. The molecule has 2 saturated carbocycles. The standard InChI is InChI=1S/C21H33Cl2NOSi/c1-4-26(5-2,6-3)25-19(20-17(22)14-24-15-18(20)23)9-8-16-10-13-21(16)11-7-12-21/h14-16,19H,4-13H2,1-3H3. The van der Waals surface area contributed by atoms with Crippen molar-refractivity contribution in [3.63, 3.8) is 0 Å². The quantitative estimate of drug-likeness (QED) is 0.384. The fourth-order valence-electron chi connectivity index (χ4n) is 5.14. The number of aromatic nitrogens is 1. The lowest BCUT2D eigenvalue weighted by atomic mass is 9.49. The molecule has 0 radical (unpaired) electrons. The molecule has 1 aromatic heterocycles. The minimum atomic E-state index is -1.74. The third kappa shape index (κ3) is 3.87. The predicted octanol–water partition coefficient (Wildman–Crippen LogP) is 7.81. The zero-order valence-corrected chi connectivity index (χ0v) is 19.0. The van der Waals surface area contributed by atoms with E-state index < -0.39 is 8.32 Å². The molecule has 2 atom stereocenters. The molecular weight excluding hydrogens is 381 g/mol. The Morgan fingerprint density at radius 3 is 2.15 bits per heavy atom. The van der Waals surface area contributed by atoms with Crippen molar-refractivity contribution < 1.29 is 4.43 Å². The van der Waals surface area contributed by atoms with Crippen LogP contribution in [0.1, 0.15) is 77.4 Å². The monoisotopic (exact) mass is 413 g/mol. The molecular formula is C21H33Cl2NOSi. The van der Waals surface area contributed by atoms with E-state index >= 15 is 0 Å². The predicted molar refractivity (Wildman–Crippen MR) is 114 cm³/mol. The van der Waals surface area contributed by atoms with E-state index in [0.717, 1.165) is 36.0 Å². The van der Waals surface area contributed by atoms with Crippen molar-refractivity contribution in [2.24, 2.45) is 11.3 Å². The van der Waals surface area contributed by atoms with Crippen LogP contribution >= 0.6 is 23.2 Å². The van der Waals surface area contributed by atoms with Crippen LogP contribution in [-0.2, 0) is 4.43 Å². The highest BCUT2D eigenvalue weighted by molar-refractivity contribution is 6.73. The molecule has 2 unspecified atom stereocenters. The fourth-order valence-corrected chi connectivity index (χ4v) is 8.59. The first-order chi connectivity index (χ1) is 12.5. The largest absolute Gasteiger partial charge is 0.410 e. The minimum Gasteiger partial charge on any atom is -0.410 e. The molecule has 2 fully saturated rings. The summed E-state index contributed by atoms with van der Waals surface area (Å²) in [4.78, 5) is 4.14. The molecule has 0 saturated heterocycles. The van der Waals surface area contributed by atoms with Crippen molar-refractivity contribution in [3.8, 4) is 0 Å². The number of nitrogens with zero attached hydrogens (tertiary/aromatic N) is 1. The Hall–Kier alpha value is -0.0931. The maximum atomic E-state index is 6.91. The minimum absolute atomic E-state index is 0.0160. The lowest BCUT2D eigenvalue weighted by Gasteiger charge is -2.56. The van der Waals surface area contributed by atoms with Gasteiger partial charge in [-0.2, -0.15) is 0 Å². The second kappa shape index (κ2) is 8.51. The van der Waals surface area contributed by atoms with Gasteiger partial charge in [-0.15, -0.1) is 0 Å². The van der Waals surface area contributed by atoms with Gasteiger partial charge in [0.2, 0.25) is 0 Å². The van der Waals surface area contributed by atoms with E-state index in [1.54, 1.807) is 12.4 Å². The van der Waals surface area contributed by atoms with Crippen molar-refractivity contribution in [1.29, 1.82) is 0 Å². The number of rotatable bonds is 9. The van der Waals surface area contributed by atoms with Crippen molar-refractivity contribution in [3.05, 3.63) is 28.0 Å². The fraction of sp³-hybridized carbons (Fsp3) is 0.762. The first kappa shape index (κ1) is 20.6. The highest BCUT2D eigenvalue weighted by atomic mass is 35.5. The zero-order valence-electron chi connectivity index (χ0n) is 16.5. The Morgan fingerprint density at radius 1 is 1.12 bits per heavy atom. The highest BCUT2D eigenvalue weighted by Gasteiger charge is 2.50. The maximum Gasteiger partial charge on any atom is 0.192 e. The summed E-state index contributed by atoms with van der Waals surface area (Å²) in [6, 6.07) is 3.43. The Bertz CT molecular complexity index is 582. The van der Waals surface area contributed by atoms with Gasteiger partial charge >= 0.3 is 0 Å². The smallest absolute Gasteiger partial charge is 0.192 e. The lowest BCUT2D eigenvalue weighted by Crippen LogP contribution is -2.45. The summed E-state index contributed by atoms with van der Waals surface area (Å²) >= 11 is 13.1. The van der Waals surface area contributed by atoms with Crippen molar-refractivity contribution in [2.75, 3.05) is 0 Å². The molecule has 1 aromatic rings. The van der Waals surface area contributed by atoms with E-state index in [-0.39, 0.29) is 6.10 Å². The average molecular weight is 414 g/mol. The van der Waals surface area contributed by atoms with Gasteiger partial charge in [-0.3, -0.25) is 4.98 Å². The highest BCUT2D eigenvalue weighted by Crippen LogP contribution is 2.61. The molecule has 3 rings (SSSR count). The van der Waals surface area contributed by atoms with Gasteiger partial charge in [0.05, 0.1) is 16.1 Å². The second-order valence-corrected chi connectivity index (χ2v) is 13.9. The van der Waals surface area contributed by atoms with Gasteiger partial charge in [0.15, 0.2) is 8.32 Å². The van der Waals surface area contributed by atoms with Crippen LogP contribution in [0.5, 0.6) is 0 Å². The maximum absolute atomic E-state index is 6.91. The van der Waals surface area contributed by atoms with E-state index in [4.69, 9.17) is 27.6 Å². The molecule has 2 aliphatic carbocycles. The van der Waals surface area contributed by atoms with Crippen LogP contribution in [0.4, 0.5) is 0 Å². The first-order valence-electron chi connectivity index (χ1n) is 10.5. The molecule has 0 aromatic carbocycles. The van der Waals surface area contributed by atoms with Gasteiger partial charge in [-0.05, 0) is 68.0 Å². The summed E-state index contributed by atoms with van der Waals surface area (Å²) in [5, 5.41) is 1.31. The van der Waals surface area contributed by atoms with Crippen LogP contribution < -0.4 is 0 Å². The van der Waals surface area contributed by atoms with Gasteiger partial charge in [0.25, 0.3) is 0 Å². The van der Waals surface area contributed by atoms with Gasteiger partial charge in [0, 0.05) is 18.0 Å². The van der Waals surface area contributed by atoms with Gasteiger partial charge in [-0.25, -0.2) is 0 Å².